The highest BCUT2D eigenvalue weighted by molar-refractivity contribution is 4.81. The first-order chi connectivity index (χ1) is 11.8. The van der Waals surface area contributed by atoms with Gasteiger partial charge in [-0.05, 0) is 62.7 Å². The first kappa shape index (κ1) is 20.3. The van der Waals surface area contributed by atoms with Gasteiger partial charge in [-0.2, -0.15) is 0 Å². The maximum Gasteiger partial charge on any atom is 0.0575 e. The van der Waals surface area contributed by atoms with Gasteiger partial charge in [0, 0.05) is 6.61 Å². The van der Waals surface area contributed by atoms with Crippen LogP contribution in [0.1, 0.15) is 117 Å². The highest BCUT2D eigenvalue weighted by Gasteiger charge is 2.30. The molecule has 2 aliphatic carbocycles. The molecule has 0 N–H and O–H groups in total. The number of unbranched alkanes of at least 4 members (excludes halogenated alkanes) is 7. The van der Waals surface area contributed by atoms with Crippen LogP contribution in [0.2, 0.25) is 0 Å². The summed E-state index contributed by atoms with van der Waals surface area (Å²) in [6.45, 7) is 5.75. The van der Waals surface area contributed by atoms with Gasteiger partial charge in [-0.25, -0.2) is 0 Å². The van der Waals surface area contributed by atoms with Crippen molar-refractivity contribution in [2.24, 2.45) is 17.8 Å². The van der Waals surface area contributed by atoms with E-state index in [4.69, 9.17) is 4.74 Å². The van der Waals surface area contributed by atoms with Gasteiger partial charge in [0.05, 0.1) is 6.10 Å². The molecule has 2 aliphatic rings. The molecule has 0 aromatic rings. The van der Waals surface area contributed by atoms with Crippen LogP contribution < -0.4 is 0 Å². The molecule has 142 valence electrons. The number of hydrogen-bond acceptors (Lipinski definition) is 1. The average Bonchev–Trinajstić information content (AvgIpc) is 2.62. The van der Waals surface area contributed by atoms with Crippen molar-refractivity contribution in [1.29, 1.82) is 0 Å². The van der Waals surface area contributed by atoms with Gasteiger partial charge in [-0.3, -0.25) is 0 Å². The first-order valence-electron chi connectivity index (χ1n) is 11.4. The van der Waals surface area contributed by atoms with E-state index in [0.717, 1.165) is 24.4 Å². The van der Waals surface area contributed by atoms with Gasteiger partial charge in [-0.15, -0.1) is 0 Å². The maximum atomic E-state index is 6.18. The normalized spacial score (nSPS) is 31.2. The standard InChI is InChI=1S/C23H44O/c1-3-4-5-6-7-8-9-10-19-24-23-17-15-22(16-18-23)21-13-11-20(2)12-14-21/h20-23H,3-19H2,1-2H3. The molecule has 1 nitrogen and oxygen atoms in total. The first-order valence-corrected chi connectivity index (χ1v) is 11.4. The molecule has 24 heavy (non-hydrogen) atoms. The lowest BCUT2D eigenvalue weighted by Crippen LogP contribution is -2.28. The summed E-state index contributed by atoms with van der Waals surface area (Å²) in [5, 5.41) is 0. The zero-order valence-corrected chi connectivity index (χ0v) is 16.7. The highest BCUT2D eigenvalue weighted by Crippen LogP contribution is 2.40. The fourth-order valence-corrected chi connectivity index (χ4v) is 4.97. The van der Waals surface area contributed by atoms with E-state index in [1.807, 2.05) is 0 Å². The van der Waals surface area contributed by atoms with E-state index in [-0.39, 0.29) is 0 Å². The molecular weight excluding hydrogens is 292 g/mol. The SMILES string of the molecule is CCCCCCCCCCOC1CCC(C2CCC(C)CC2)CC1. The third-order valence-electron chi connectivity index (χ3n) is 6.80. The Morgan fingerprint density at radius 2 is 1.12 bits per heavy atom. The van der Waals surface area contributed by atoms with E-state index in [0.29, 0.717) is 6.10 Å². The van der Waals surface area contributed by atoms with Crippen LogP contribution in [0, 0.1) is 17.8 Å². The van der Waals surface area contributed by atoms with Crippen molar-refractivity contribution < 1.29 is 4.74 Å². The van der Waals surface area contributed by atoms with Crippen LogP contribution in [0.25, 0.3) is 0 Å². The molecule has 2 fully saturated rings. The molecule has 0 unspecified atom stereocenters. The predicted molar refractivity (Wildman–Crippen MR) is 105 cm³/mol. The summed E-state index contributed by atoms with van der Waals surface area (Å²) in [7, 11) is 0. The zero-order chi connectivity index (χ0) is 17.0. The van der Waals surface area contributed by atoms with Gasteiger partial charge in [0.25, 0.3) is 0 Å². The summed E-state index contributed by atoms with van der Waals surface area (Å²) in [4.78, 5) is 0. The minimum absolute atomic E-state index is 0.591. The summed E-state index contributed by atoms with van der Waals surface area (Å²) < 4.78 is 6.18. The van der Waals surface area contributed by atoms with E-state index in [2.05, 4.69) is 13.8 Å². The van der Waals surface area contributed by atoms with Gasteiger partial charge in [0.15, 0.2) is 0 Å². The largest absolute Gasteiger partial charge is 0.378 e. The molecule has 0 spiro atoms. The Morgan fingerprint density at radius 3 is 1.71 bits per heavy atom. The molecule has 0 amide bonds. The van der Waals surface area contributed by atoms with Crippen LogP contribution in [-0.4, -0.2) is 12.7 Å². The van der Waals surface area contributed by atoms with Crippen LogP contribution in [0.4, 0.5) is 0 Å². The van der Waals surface area contributed by atoms with Crippen molar-refractivity contribution >= 4 is 0 Å². The van der Waals surface area contributed by atoms with Gasteiger partial charge in [0.2, 0.25) is 0 Å². The van der Waals surface area contributed by atoms with E-state index >= 15 is 0 Å². The molecule has 1 heteroatoms. The summed E-state index contributed by atoms with van der Waals surface area (Å²) >= 11 is 0. The fourth-order valence-electron chi connectivity index (χ4n) is 4.97. The summed E-state index contributed by atoms with van der Waals surface area (Å²) in [5.74, 6) is 3.07. The second-order valence-corrected chi connectivity index (χ2v) is 8.90. The third kappa shape index (κ3) is 7.89. The lowest BCUT2D eigenvalue weighted by Gasteiger charge is -2.37. The van der Waals surface area contributed by atoms with Gasteiger partial charge in [-0.1, -0.05) is 71.6 Å². The molecule has 0 atom stereocenters. The van der Waals surface area contributed by atoms with Crippen LogP contribution in [-0.2, 0) is 4.74 Å². The van der Waals surface area contributed by atoms with Crippen molar-refractivity contribution in [2.75, 3.05) is 6.61 Å². The van der Waals surface area contributed by atoms with Gasteiger partial charge < -0.3 is 4.74 Å². The monoisotopic (exact) mass is 336 g/mol. The van der Waals surface area contributed by atoms with Gasteiger partial charge >= 0.3 is 0 Å². The summed E-state index contributed by atoms with van der Waals surface area (Å²) in [5.41, 5.74) is 0. The highest BCUT2D eigenvalue weighted by atomic mass is 16.5. The second kappa shape index (κ2) is 12.3. The quantitative estimate of drug-likeness (QED) is 0.354. The molecule has 0 heterocycles. The van der Waals surface area contributed by atoms with Gasteiger partial charge in [0.1, 0.15) is 0 Å². The number of hydrogen-bond donors (Lipinski definition) is 0. The van der Waals surface area contributed by atoms with Crippen LogP contribution in [0.15, 0.2) is 0 Å². The molecular formula is C23H44O. The van der Waals surface area contributed by atoms with E-state index < -0.39 is 0 Å². The minimum Gasteiger partial charge on any atom is -0.378 e. The molecule has 0 saturated heterocycles. The Bertz CT molecular complexity index is 284. The lowest BCUT2D eigenvalue weighted by molar-refractivity contribution is 0.00563. The van der Waals surface area contributed by atoms with Crippen molar-refractivity contribution in [3.8, 4) is 0 Å². The summed E-state index contributed by atoms with van der Waals surface area (Å²) in [6.07, 6.45) is 23.3. The Labute approximate surface area is 152 Å². The fraction of sp³-hybridized carbons (Fsp3) is 1.00. The molecule has 2 rings (SSSR count). The average molecular weight is 337 g/mol. The van der Waals surface area contributed by atoms with Crippen molar-refractivity contribution in [3.63, 3.8) is 0 Å². The molecule has 0 aromatic heterocycles. The third-order valence-corrected chi connectivity index (χ3v) is 6.80. The Balaban J connectivity index is 1.42. The topological polar surface area (TPSA) is 9.23 Å². The van der Waals surface area contributed by atoms with Crippen molar-refractivity contribution in [3.05, 3.63) is 0 Å². The van der Waals surface area contributed by atoms with Crippen LogP contribution in [0.3, 0.4) is 0 Å². The maximum absolute atomic E-state index is 6.18. The minimum atomic E-state index is 0.591. The number of rotatable bonds is 11. The van der Waals surface area contributed by atoms with Crippen LogP contribution >= 0.6 is 0 Å². The van der Waals surface area contributed by atoms with Crippen LogP contribution in [0.5, 0.6) is 0 Å². The Kier molecular flexibility index (Phi) is 10.4. The molecule has 0 aromatic carbocycles. The Hall–Kier alpha value is -0.0400. The molecule has 2 saturated carbocycles. The zero-order valence-electron chi connectivity index (χ0n) is 16.7. The van der Waals surface area contributed by atoms with E-state index in [9.17, 15) is 0 Å². The molecule has 0 radical (unpaired) electrons. The van der Waals surface area contributed by atoms with E-state index in [1.54, 1.807) is 0 Å². The summed E-state index contributed by atoms with van der Waals surface area (Å²) in [6, 6.07) is 0. The lowest BCUT2D eigenvalue weighted by atomic mass is 9.71. The predicted octanol–water partition coefficient (Wildman–Crippen LogP) is 7.53. The molecule has 0 bridgehead atoms. The second-order valence-electron chi connectivity index (χ2n) is 8.90. The smallest absolute Gasteiger partial charge is 0.0575 e. The molecule has 0 aliphatic heterocycles. The van der Waals surface area contributed by atoms with Crippen molar-refractivity contribution in [2.45, 2.75) is 123 Å². The Morgan fingerprint density at radius 1 is 0.625 bits per heavy atom. The number of ether oxygens (including phenoxy) is 1. The van der Waals surface area contributed by atoms with E-state index in [1.165, 1.54) is 103 Å². The van der Waals surface area contributed by atoms with Crippen molar-refractivity contribution in [1.82, 2.24) is 0 Å².